The molecule has 0 saturated carbocycles. The van der Waals surface area contributed by atoms with Crippen molar-refractivity contribution in [3.63, 3.8) is 0 Å². The predicted molar refractivity (Wildman–Crippen MR) is 93.5 cm³/mol. The van der Waals surface area contributed by atoms with Crippen LogP contribution in [-0.4, -0.2) is 11.1 Å². The topological polar surface area (TPSA) is 12.4 Å². The Balaban J connectivity index is 1.93. The van der Waals surface area contributed by atoms with Gasteiger partial charge in [-0.2, -0.15) is 8.78 Å². The highest BCUT2D eigenvalue weighted by atomic mass is 32.2. The minimum Gasteiger partial charge on any atom is -0.217 e. The molecular formula is C19H18F3NS. The highest BCUT2D eigenvalue weighted by Crippen LogP contribution is 2.56. The molecule has 1 aliphatic rings. The average Bonchev–Trinajstić information content (AvgIpc) is 2.85. The Morgan fingerprint density at radius 2 is 1.33 bits per heavy atom. The number of hydrogen-bond acceptors (Lipinski definition) is 2. The van der Waals surface area contributed by atoms with Gasteiger partial charge in [0.05, 0.1) is 0 Å². The molecule has 0 aliphatic carbocycles. The second kappa shape index (κ2) is 6.28. The summed E-state index contributed by atoms with van der Waals surface area (Å²) in [4.78, 5) is 3.39. The van der Waals surface area contributed by atoms with Crippen molar-refractivity contribution in [1.82, 2.24) is 0 Å². The van der Waals surface area contributed by atoms with Gasteiger partial charge in [-0.25, -0.2) is 9.38 Å². The summed E-state index contributed by atoms with van der Waals surface area (Å²) in [5, 5.41) is -2.84. The molecule has 126 valence electrons. The summed E-state index contributed by atoms with van der Waals surface area (Å²) in [6, 6.07) is 9.55. The van der Waals surface area contributed by atoms with Gasteiger partial charge in [0, 0.05) is 11.1 Å². The van der Waals surface area contributed by atoms with Gasteiger partial charge in [0.2, 0.25) is 0 Å². The van der Waals surface area contributed by atoms with Crippen LogP contribution < -0.4 is 0 Å². The van der Waals surface area contributed by atoms with Crippen LogP contribution in [-0.2, 0) is 17.8 Å². The summed E-state index contributed by atoms with van der Waals surface area (Å²) >= 11 is 0.486. The Bertz CT molecular complexity index is 753. The van der Waals surface area contributed by atoms with E-state index in [0.717, 1.165) is 24.0 Å². The molecule has 0 bridgehead atoms. The second-order valence-corrected chi connectivity index (χ2v) is 6.91. The Morgan fingerprint density at radius 3 is 1.83 bits per heavy atom. The molecule has 0 spiro atoms. The standard InChI is InChI=1S/C19H18F3NS/c1-3-13-5-9-15(10-6-13)17-23-19(21,22)18(20,24-17)16-11-7-14(4-2)8-12-16/h5-12H,3-4H2,1-2H3. The van der Waals surface area contributed by atoms with Gasteiger partial charge < -0.3 is 0 Å². The van der Waals surface area contributed by atoms with Crippen LogP contribution in [0.4, 0.5) is 13.2 Å². The fraction of sp³-hybridized carbons (Fsp3) is 0.316. The molecular weight excluding hydrogens is 331 g/mol. The van der Waals surface area contributed by atoms with Crippen molar-refractivity contribution >= 4 is 16.8 Å². The van der Waals surface area contributed by atoms with Crippen molar-refractivity contribution in [2.75, 3.05) is 0 Å². The van der Waals surface area contributed by atoms with Gasteiger partial charge in [0.15, 0.2) is 0 Å². The van der Waals surface area contributed by atoms with Crippen molar-refractivity contribution in [3.05, 3.63) is 70.8 Å². The second-order valence-electron chi connectivity index (χ2n) is 5.76. The number of nitrogens with zero attached hydrogens (tertiary/aromatic N) is 1. The summed E-state index contributed by atoms with van der Waals surface area (Å²) < 4.78 is 44.0. The molecule has 0 radical (unpaired) electrons. The van der Waals surface area contributed by atoms with E-state index in [9.17, 15) is 8.78 Å². The molecule has 0 fully saturated rings. The van der Waals surface area contributed by atoms with E-state index in [-0.39, 0.29) is 10.6 Å². The van der Waals surface area contributed by atoms with Crippen molar-refractivity contribution in [2.45, 2.75) is 37.7 Å². The van der Waals surface area contributed by atoms with E-state index in [1.165, 1.54) is 12.1 Å². The van der Waals surface area contributed by atoms with E-state index in [4.69, 9.17) is 0 Å². The molecule has 3 rings (SSSR count). The first kappa shape index (κ1) is 17.1. The molecule has 1 aliphatic heterocycles. The van der Waals surface area contributed by atoms with Crippen molar-refractivity contribution < 1.29 is 13.2 Å². The lowest BCUT2D eigenvalue weighted by Gasteiger charge is -2.24. The lowest BCUT2D eigenvalue weighted by molar-refractivity contribution is -0.0815. The van der Waals surface area contributed by atoms with E-state index in [1.54, 1.807) is 24.3 Å². The highest BCUT2D eigenvalue weighted by Gasteiger charge is 2.62. The van der Waals surface area contributed by atoms with Gasteiger partial charge in [-0.15, -0.1) is 0 Å². The van der Waals surface area contributed by atoms with E-state index in [0.29, 0.717) is 17.3 Å². The lowest BCUT2D eigenvalue weighted by Crippen LogP contribution is -2.33. The summed E-state index contributed by atoms with van der Waals surface area (Å²) in [7, 11) is 0. The molecule has 5 heteroatoms. The zero-order chi connectivity index (χ0) is 17.4. The Morgan fingerprint density at radius 1 is 0.833 bits per heavy atom. The molecule has 1 nitrogen and oxygen atoms in total. The first-order valence-electron chi connectivity index (χ1n) is 7.94. The number of alkyl halides is 3. The van der Waals surface area contributed by atoms with Crippen LogP contribution in [0, 0.1) is 0 Å². The molecule has 1 heterocycles. The number of thioether (sulfide) groups is 1. The van der Waals surface area contributed by atoms with Gasteiger partial charge >= 0.3 is 6.05 Å². The molecule has 1 unspecified atom stereocenters. The van der Waals surface area contributed by atoms with Crippen molar-refractivity contribution in [2.24, 2.45) is 4.99 Å². The number of hydrogen-bond donors (Lipinski definition) is 0. The molecule has 2 aromatic carbocycles. The quantitative estimate of drug-likeness (QED) is 0.643. The number of benzene rings is 2. The SMILES string of the molecule is CCc1ccc(C2=NC(F)(F)C(F)(c3ccc(CC)cc3)S2)cc1. The summed E-state index contributed by atoms with van der Waals surface area (Å²) in [5.41, 5.74) is 2.53. The van der Waals surface area contributed by atoms with Crippen LogP contribution in [0.2, 0.25) is 0 Å². The van der Waals surface area contributed by atoms with Crippen LogP contribution in [0.15, 0.2) is 53.5 Å². The first-order valence-corrected chi connectivity index (χ1v) is 8.75. The van der Waals surface area contributed by atoms with E-state index < -0.39 is 11.0 Å². The van der Waals surface area contributed by atoms with Gasteiger partial charge in [-0.3, -0.25) is 0 Å². The third kappa shape index (κ3) is 2.86. The summed E-state index contributed by atoms with van der Waals surface area (Å²) in [6.45, 7) is 3.97. The number of aryl methyl sites for hydroxylation is 2. The highest BCUT2D eigenvalue weighted by molar-refractivity contribution is 8.15. The average molecular weight is 349 g/mol. The van der Waals surface area contributed by atoms with Gasteiger partial charge in [0.1, 0.15) is 5.04 Å². The van der Waals surface area contributed by atoms with Crippen molar-refractivity contribution in [1.29, 1.82) is 0 Å². The number of halogens is 3. The summed E-state index contributed by atoms with van der Waals surface area (Å²) in [5.74, 6) is 0. The number of rotatable bonds is 4. The van der Waals surface area contributed by atoms with E-state index >= 15 is 4.39 Å². The lowest BCUT2D eigenvalue weighted by atomic mass is 10.0. The minimum atomic E-state index is -3.80. The fourth-order valence-electron chi connectivity index (χ4n) is 2.61. The zero-order valence-electron chi connectivity index (χ0n) is 13.5. The van der Waals surface area contributed by atoms with Crippen LogP contribution in [0.3, 0.4) is 0 Å². The minimum absolute atomic E-state index is 0.0321. The third-order valence-corrected chi connectivity index (χ3v) is 5.49. The zero-order valence-corrected chi connectivity index (χ0v) is 14.3. The monoisotopic (exact) mass is 349 g/mol. The number of aliphatic imine (C=N–C) groups is 1. The molecule has 0 saturated heterocycles. The van der Waals surface area contributed by atoms with Gasteiger partial charge in [0.25, 0.3) is 5.00 Å². The smallest absolute Gasteiger partial charge is 0.217 e. The molecule has 2 aromatic rings. The predicted octanol–water partition coefficient (Wildman–Crippen LogP) is 5.72. The van der Waals surface area contributed by atoms with Crippen molar-refractivity contribution in [3.8, 4) is 0 Å². The normalized spacial score (nSPS) is 22.5. The maximum Gasteiger partial charge on any atom is 0.391 e. The van der Waals surface area contributed by atoms with Crippen LogP contribution >= 0.6 is 11.8 Å². The Labute approximate surface area is 144 Å². The molecule has 0 amide bonds. The molecule has 0 aromatic heterocycles. The van der Waals surface area contributed by atoms with Crippen LogP contribution in [0.1, 0.15) is 36.1 Å². The Hall–Kier alpha value is -1.75. The summed E-state index contributed by atoms with van der Waals surface area (Å²) in [6.07, 6.45) is 1.63. The van der Waals surface area contributed by atoms with E-state index in [2.05, 4.69) is 4.99 Å². The molecule has 0 N–H and O–H groups in total. The Kier molecular flexibility index (Phi) is 4.47. The third-order valence-electron chi connectivity index (χ3n) is 4.21. The maximum absolute atomic E-state index is 15.2. The van der Waals surface area contributed by atoms with E-state index in [1.807, 2.05) is 26.0 Å². The largest absolute Gasteiger partial charge is 0.391 e. The van der Waals surface area contributed by atoms with Crippen LogP contribution in [0.25, 0.3) is 0 Å². The molecule has 1 atom stereocenters. The van der Waals surface area contributed by atoms with Gasteiger partial charge in [-0.05, 0) is 24.0 Å². The molecule has 24 heavy (non-hydrogen) atoms. The first-order chi connectivity index (χ1) is 11.4. The van der Waals surface area contributed by atoms with Crippen LogP contribution in [0.5, 0.6) is 0 Å². The fourth-order valence-corrected chi connectivity index (χ4v) is 3.71. The van der Waals surface area contributed by atoms with Gasteiger partial charge in [-0.1, -0.05) is 74.1 Å². The maximum atomic E-state index is 15.2.